The fraction of sp³-hybridized carbons (Fsp3) is 1.00. The van der Waals surface area contributed by atoms with Gasteiger partial charge in [-0.2, -0.15) is 0 Å². The van der Waals surface area contributed by atoms with Crippen molar-refractivity contribution in [1.82, 2.24) is 10.2 Å². The van der Waals surface area contributed by atoms with E-state index >= 15 is 0 Å². The third kappa shape index (κ3) is 5.68. The largest absolute Gasteiger partial charge is 0.394 e. The van der Waals surface area contributed by atoms with Gasteiger partial charge in [0.2, 0.25) is 0 Å². The molecule has 0 heterocycles. The zero-order valence-corrected chi connectivity index (χ0v) is 12.7. The predicted molar refractivity (Wildman–Crippen MR) is 77.8 cm³/mol. The van der Waals surface area contributed by atoms with E-state index in [-0.39, 0.29) is 12.1 Å². The second-order valence-electron chi connectivity index (χ2n) is 6.52. The molecule has 108 valence electrons. The van der Waals surface area contributed by atoms with Gasteiger partial charge in [-0.1, -0.05) is 13.8 Å². The van der Waals surface area contributed by atoms with E-state index in [2.05, 4.69) is 31.0 Å². The lowest BCUT2D eigenvalue weighted by Crippen LogP contribution is -2.44. The Morgan fingerprint density at radius 2 is 2.00 bits per heavy atom. The Bertz CT molecular complexity index is 223. The van der Waals surface area contributed by atoms with Gasteiger partial charge in [-0.25, -0.2) is 0 Å². The van der Waals surface area contributed by atoms with E-state index in [4.69, 9.17) is 0 Å². The Morgan fingerprint density at radius 3 is 2.44 bits per heavy atom. The molecule has 2 N–H and O–H groups in total. The highest BCUT2D eigenvalue weighted by Gasteiger charge is 2.29. The molecule has 1 fully saturated rings. The molecule has 0 aromatic heterocycles. The van der Waals surface area contributed by atoms with E-state index in [1.54, 1.807) is 0 Å². The average molecular weight is 256 g/mol. The number of likely N-dealkylation sites (N-methyl/N-ethyl adjacent to an activating group) is 1. The van der Waals surface area contributed by atoms with Crippen molar-refractivity contribution in [2.24, 2.45) is 5.92 Å². The first-order valence-corrected chi connectivity index (χ1v) is 7.54. The molecule has 1 rings (SSSR count). The first-order chi connectivity index (χ1) is 8.50. The number of hydrogen-bond acceptors (Lipinski definition) is 3. The second-order valence-corrected chi connectivity index (χ2v) is 6.52. The smallest absolute Gasteiger partial charge is 0.0610 e. The molecule has 1 saturated carbocycles. The van der Waals surface area contributed by atoms with Gasteiger partial charge in [-0.05, 0) is 65.1 Å². The normalized spacial score (nSPS) is 19.5. The minimum Gasteiger partial charge on any atom is -0.394 e. The number of nitrogens with zero attached hydrogens (tertiary/aromatic N) is 1. The molecule has 0 radical (unpaired) electrons. The van der Waals surface area contributed by atoms with Crippen LogP contribution >= 0.6 is 0 Å². The van der Waals surface area contributed by atoms with Crippen molar-refractivity contribution in [2.45, 2.75) is 64.5 Å². The molecule has 0 saturated heterocycles. The minimum absolute atomic E-state index is 0.104. The summed E-state index contributed by atoms with van der Waals surface area (Å²) in [5, 5.41) is 12.6. The van der Waals surface area contributed by atoms with Crippen molar-refractivity contribution in [2.75, 3.05) is 26.7 Å². The van der Waals surface area contributed by atoms with Crippen LogP contribution in [0.5, 0.6) is 0 Å². The summed E-state index contributed by atoms with van der Waals surface area (Å²) >= 11 is 0. The van der Waals surface area contributed by atoms with Crippen molar-refractivity contribution in [3.63, 3.8) is 0 Å². The summed E-state index contributed by atoms with van der Waals surface area (Å²) in [6, 6.07) is 0.860. The lowest BCUT2D eigenvalue weighted by Gasteiger charge is -2.29. The SMILES string of the molecule is CNC(C)(CO)CCCN(CCC(C)C)C1CC1. The Labute approximate surface area is 113 Å². The molecule has 0 aliphatic heterocycles. The van der Waals surface area contributed by atoms with Gasteiger partial charge < -0.3 is 15.3 Å². The first kappa shape index (κ1) is 15.9. The quantitative estimate of drug-likeness (QED) is 0.629. The number of aliphatic hydroxyl groups is 1. The molecule has 3 nitrogen and oxygen atoms in total. The van der Waals surface area contributed by atoms with Crippen molar-refractivity contribution < 1.29 is 5.11 Å². The number of rotatable bonds is 10. The monoisotopic (exact) mass is 256 g/mol. The van der Waals surface area contributed by atoms with Crippen LogP contribution in [0.2, 0.25) is 0 Å². The summed E-state index contributed by atoms with van der Waals surface area (Å²) in [6.45, 7) is 9.36. The highest BCUT2D eigenvalue weighted by Crippen LogP contribution is 2.28. The highest BCUT2D eigenvalue weighted by atomic mass is 16.3. The van der Waals surface area contributed by atoms with Crippen LogP contribution < -0.4 is 5.32 Å². The van der Waals surface area contributed by atoms with Crippen LogP contribution in [0.3, 0.4) is 0 Å². The Balaban J connectivity index is 2.25. The van der Waals surface area contributed by atoms with Crippen LogP contribution in [0.15, 0.2) is 0 Å². The number of aliphatic hydroxyl groups excluding tert-OH is 1. The summed E-state index contributed by atoms with van der Waals surface area (Å²) in [7, 11) is 1.94. The Hall–Kier alpha value is -0.120. The third-order valence-corrected chi connectivity index (χ3v) is 4.18. The fourth-order valence-electron chi connectivity index (χ4n) is 2.30. The number of hydrogen-bond donors (Lipinski definition) is 2. The van der Waals surface area contributed by atoms with Gasteiger partial charge in [0, 0.05) is 11.6 Å². The lowest BCUT2D eigenvalue weighted by molar-refractivity contribution is 0.161. The number of nitrogens with one attached hydrogen (secondary N) is 1. The molecule has 3 heteroatoms. The summed E-state index contributed by atoms with van der Waals surface area (Å²) in [5.41, 5.74) is -0.104. The zero-order chi connectivity index (χ0) is 13.6. The summed E-state index contributed by atoms with van der Waals surface area (Å²) in [4.78, 5) is 2.66. The molecule has 0 amide bonds. The van der Waals surface area contributed by atoms with Crippen LogP contribution in [0.25, 0.3) is 0 Å². The predicted octanol–water partition coefficient (Wildman–Crippen LogP) is 2.25. The first-order valence-electron chi connectivity index (χ1n) is 7.54. The molecular formula is C15H32N2O. The molecule has 0 aromatic rings. The van der Waals surface area contributed by atoms with Crippen LogP contribution in [0, 0.1) is 5.92 Å². The molecule has 0 spiro atoms. The standard InChI is InChI=1S/C15H32N2O/c1-13(2)8-11-17(14-6-7-14)10-5-9-15(3,12-18)16-4/h13-14,16,18H,5-12H2,1-4H3. The fourth-order valence-corrected chi connectivity index (χ4v) is 2.30. The Morgan fingerprint density at radius 1 is 1.33 bits per heavy atom. The van der Waals surface area contributed by atoms with Crippen molar-refractivity contribution in [3.8, 4) is 0 Å². The molecule has 0 aromatic carbocycles. The lowest BCUT2D eigenvalue weighted by atomic mass is 9.97. The zero-order valence-electron chi connectivity index (χ0n) is 12.7. The molecule has 1 aliphatic carbocycles. The van der Waals surface area contributed by atoms with Gasteiger partial charge in [0.25, 0.3) is 0 Å². The van der Waals surface area contributed by atoms with Gasteiger partial charge in [-0.3, -0.25) is 0 Å². The maximum Gasteiger partial charge on any atom is 0.0610 e. The van der Waals surface area contributed by atoms with Crippen LogP contribution in [0.4, 0.5) is 0 Å². The molecule has 18 heavy (non-hydrogen) atoms. The van der Waals surface area contributed by atoms with E-state index in [1.165, 1.54) is 38.8 Å². The average Bonchev–Trinajstić information content (AvgIpc) is 3.17. The van der Waals surface area contributed by atoms with E-state index < -0.39 is 0 Å². The Kier molecular flexibility index (Phi) is 6.61. The summed E-state index contributed by atoms with van der Waals surface area (Å²) < 4.78 is 0. The topological polar surface area (TPSA) is 35.5 Å². The molecule has 1 atom stereocenters. The van der Waals surface area contributed by atoms with Gasteiger partial charge >= 0.3 is 0 Å². The van der Waals surface area contributed by atoms with E-state index in [0.717, 1.165) is 18.4 Å². The summed E-state index contributed by atoms with van der Waals surface area (Å²) in [5.74, 6) is 0.797. The molecule has 1 aliphatic rings. The van der Waals surface area contributed by atoms with Crippen LogP contribution in [-0.4, -0.2) is 48.3 Å². The molecule has 0 bridgehead atoms. The maximum absolute atomic E-state index is 9.37. The van der Waals surface area contributed by atoms with Crippen molar-refractivity contribution >= 4 is 0 Å². The molecule has 1 unspecified atom stereocenters. The molecular weight excluding hydrogens is 224 g/mol. The summed E-state index contributed by atoms with van der Waals surface area (Å²) in [6.07, 6.45) is 6.31. The van der Waals surface area contributed by atoms with E-state index in [9.17, 15) is 5.11 Å². The maximum atomic E-state index is 9.37. The van der Waals surface area contributed by atoms with Gasteiger partial charge in [0.05, 0.1) is 6.61 Å². The van der Waals surface area contributed by atoms with E-state index in [1.807, 2.05) is 7.05 Å². The van der Waals surface area contributed by atoms with Gasteiger partial charge in [0.1, 0.15) is 0 Å². The van der Waals surface area contributed by atoms with E-state index in [0.29, 0.717) is 0 Å². The van der Waals surface area contributed by atoms with Crippen molar-refractivity contribution in [1.29, 1.82) is 0 Å². The van der Waals surface area contributed by atoms with Gasteiger partial charge in [-0.15, -0.1) is 0 Å². The second kappa shape index (κ2) is 7.46. The van der Waals surface area contributed by atoms with Gasteiger partial charge in [0.15, 0.2) is 0 Å². The third-order valence-electron chi connectivity index (χ3n) is 4.18. The van der Waals surface area contributed by atoms with Crippen molar-refractivity contribution in [3.05, 3.63) is 0 Å². The highest BCUT2D eigenvalue weighted by molar-refractivity contribution is 4.86. The van der Waals surface area contributed by atoms with Crippen LogP contribution in [-0.2, 0) is 0 Å². The van der Waals surface area contributed by atoms with Crippen LogP contribution in [0.1, 0.15) is 52.9 Å². The minimum atomic E-state index is -0.104.